The van der Waals surface area contributed by atoms with Gasteiger partial charge in [0.05, 0.1) is 5.69 Å². The lowest BCUT2D eigenvalue weighted by molar-refractivity contribution is -0.274. The number of urea groups is 1. The maximum atomic E-state index is 12.6. The first-order chi connectivity index (χ1) is 16.0. The Labute approximate surface area is 195 Å². The predicted molar refractivity (Wildman–Crippen MR) is 115 cm³/mol. The lowest BCUT2D eigenvalue weighted by atomic mass is 10.1. The maximum absolute atomic E-state index is 12.6. The normalized spacial score (nSPS) is 15.8. The van der Waals surface area contributed by atoms with Gasteiger partial charge in [0.1, 0.15) is 5.75 Å². The number of ketones is 1. The molecule has 9 nitrogen and oxygen atoms in total. The van der Waals surface area contributed by atoms with Gasteiger partial charge in [-0.2, -0.15) is 0 Å². The largest absolute Gasteiger partial charge is 0.573 e. The van der Waals surface area contributed by atoms with Crippen LogP contribution < -0.4 is 20.1 Å². The van der Waals surface area contributed by atoms with Crippen molar-refractivity contribution < 1.29 is 41.8 Å². The van der Waals surface area contributed by atoms with Crippen molar-refractivity contribution >= 4 is 40.7 Å². The van der Waals surface area contributed by atoms with E-state index in [4.69, 9.17) is 4.74 Å². The predicted octanol–water partition coefficient (Wildman–Crippen LogP) is 3.67. The van der Waals surface area contributed by atoms with Crippen LogP contribution in [0.4, 0.5) is 23.7 Å². The van der Waals surface area contributed by atoms with Gasteiger partial charge in [0.2, 0.25) is 5.06 Å². The summed E-state index contributed by atoms with van der Waals surface area (Å²) in [6.45, 7) is 1.55. The summed E-state index contributed by atoms with van der Waals surface area (Å²) >= 11 is 0.897. The van der Waals surface area contributed by atoms with Gasteiger partial charge in [0.25, 0.3) is 5.91 Å². The van der Waals surface area contributed by atoms with Crippen molar-refractivity contribution in [3.63, 3.8) is 0 Å². The zero-order valence-corrected chi connectivity index (χ0v) is 18.6. The quantitative estimate of drug-likeness (QED) is 0.465. The van der Waals surface area contributed by atoms with Crippen LogP contribution in [0.25, 0.3) is 10.4 Å². The SMILES string of the molecule is CCC(=O)Oc1sc(-c2cccc(OC(F)(F)F)c2)cc1NC(=O)N[C@H]1C(=O)C=CN(C)C1=O. The first-order valence-corrected chi connectivity index (χ1v) is 10.6. The summed E-state index contributed by atoms with van der Waals surface area (Å²) in [7, 11) is 1.42. The van der Waals surface area contributed by atoms with Gasteiger partial charge in [0, 0.05) is 30.6 Å². The van der Waals surface area contributed by atoms with Crippen molar-refractivity contribution in [3.8, 4) is 21.3 Å². The molecule has 1 aliphatic rings. The van der Waals surface area contributed by atoms with E-state index in [1.54, 1.807) is 6.92 Å². The summed E-state index contributed by atoms with van der Waals surface area (Å²) < 4.78 is 46.8. The second-order valence-electron chi connectivity index (χ2n) is 6.91. The molecule has 0 radical (unpaired) electrons. The summed E-state index contributed by atoms with van der Waals surface area (Å²) in [5, 5.41) is 4.63. The number of anilines is 1. The van der Waals surface area contributed by atoms with Gasteiger partial charge in [-0.1, -0.05) is 30.4 Å². The minimum atomic E-state index is -4.88. The number of hydrogen-bond acceptors (Lipinski definition) is 7. The molecule has 0 saturated carbocycles. The molecule has 2 heterocycles. The molecule has 0 spiro atoms. The molecular formula is C21H18F3N3O6S. The molecule has 0 unspecified atom stereocenters. The number of esters is 1. The van der Waals surface area contributed by atoms with Crippen LogP contribution >= 0.6 is 11.3 Å². The van der Waals surface area contributed by atoms with E-state index in [0.29, 0.717) is 10.4 Å². The van der Waals surface area contributed by atoms with Gasteiger partial charge < -0.3 is 25.0 Å². The molecule has 180 valence electrons. The van der Waals surface area contributed by atoms with E-state index in [9.17, 15) is 32.3 Å². The standard InChI is InChI=1S/C21H18F3N3O6S/c1-3-16(29)32-19-13(25-20(31)26-17-14(28)7-8-27(2)18(17)30)10-15(34-19)11-5-4-6-12(9-11)33-21(22,23)24/h4-10,17H,3H2,1-2H3,(H2,25,26,31)/t17-/m0/s1. The zero-order chi connectivity index (χ0) is 25.0. The average Bonchev–Trinajstić information content (AvgIpc) is 3.15. The summed E-state index contributed by atoms with van der Waals surface area (Å²) in [4.78, 5) is 49.9. The highest BCUT2D eigenvalue weighted by Crippen LogP contribution is 2.42. The van der Waals surface area contributed by atoms with Crippen molar-refractivity contribution in [1.82, 2.24) is 10.2 Å². The van der Waals surface area contributed by atoms with Crippen molar-refractivity contribution in [3.05, 3.63) is 42.6 Å². The summed E-state index contributed by atoms with van der Waals surface area (Å²) in [6.07, 6.45) is -2.44. The van der Waals surface area contributed by atoms with Gasteiger partial charge >= 0.3 is 18.4 Å². The number of benzene rings is 1. The highest BCUT2D eigenvalue weighted by atomic mass is 32.1. The molecule has 1 aromatic carbocycles. The molecule has 0 fully saturated rings. The molecule has 0 aliphatic carbocycles. The molecule has 34 heavy (non-hydrogen) atoms. The third-order valence-corrected chi connectivity index (χ3v) is 5.47. The highest BCUT2D eigenvalue weighted by Gasteiger charge is 2.33. The fourth-order valence-electron chi connectivity index (χ4n) is 2.80. The van der Waals surface area contributed by atoms with Gasteiger partial charge in [0.15, 0.2) is 11.8 Å². The summed E-state index contributed by atoms with van der Waals surface area (Å²) in [6, 6.07) is 4.12. The molecule has 13 heteroatoms. The first-order valence-electron chi connectivity index (χ1n) is 9.73. The number of hydrogen-bond donors (Lipinski definition) is 2. The van der Waals surface area contributed by atoms with E-state index in [2.05, 4.69) is 15.4 Å². The fourth-order valence-corrected chi connectivity index (χ4v) is 3.78. The Bertz CT molecular complexity index is 1160. The van der Waals surface area contributed by atoms with E-state index in [0.717, 1.165) is 34.4 Å². The first kappa shape index (κ1) is 24.8. The zero-order valence-electron chi connectivity index (χ0n) is 17.8. The number of nitrogens with zero attached hydrogens (tertiary/aromatic N) is 1. The molecule has 1 aromatic heterocycles. The smallest absolute Gasteiger partial charge is 0.413 e. The molecule has 2 aromatic rings. The lowest BCUT2D eigenvalue weighted by Gasteiger charge is -2.23. The third-order valence-electron chi connectivity index (χ3n) is 4.41. The van der Waals surface area contributed by atoms with Crippen LogP contribution in [0.2, 0.25) is 0 Å². The van der Waals surface area contributed by atoms with Crippen LogP contribution in [-0.4, -0.2) is 48.0 Å². The number of ether oxygens (including phenoxy) is 2. The number of carbonyl (C=O) groups excluding carboxylic acids is 4. The summed E-state index contributed by atoms with van der Waals surface area (Å²) in [5.74, 6) is -2.34. The van der Waals surface area contributed by atoms with Crippen molar-refractivity contribution in [1.29, 1.82) is 0 Å². The van der Waals surface area contributed by atoms with Gasteiger partial charge in [-0.3, -0.25) is 14.4 Å². The monoisotopic (exact) mass is 497 g/mol. The third kappa shape index (κ3) is 6.13. The van der Waals surface area contributed by atoms with E-state index < -0.39 is 41.8 Å². The summed E-state index contributed by atoms with van der Waals surface area (Å²) in [5.41, 5.74) is 0.319. The number of thiophene rings is 1. The van der Waals surface area contributed by atoms with E-state index in [1.165, 1.54) is 31.4 Å². The van der Waals surface area contributed by atoms with Crippen molar-refractivity contribution in [2.45, 2.75) is 25.7 Å². The van der Waals surface area contributed by atoms with Gasteiger partial charge in [-0.05, 0) is 23.8 Å². The molecule has 1 atom stereocenters. The van der Waals surface area contributed by atoms with Crippen LogP contribution in [0.15, 0.2) is 42.6 Å². The van der Waals surface area contributed by atoms with Crippen molar-refractivity contribution in [2.75, 3.05) is 12.4 Å². The van der Waals surface area contributed by atoms with Crippen molar-refractivity contribution in [2.24, 2.45) is 0 Å². The second-order valence-corrected chi connectivity index (χ2v) is 7.93. The maximum Gasteiger partial charge on any atom is 0.573 e. The van der Waals surface area contributed by atoms with Crippen LogP contribution in [0.1, 0.15) is 13.3 Å². The minimum absolute atomic E-state index is 0.0149. The van der Waals surface area contributed by atoms with Crippen LogP contribution in [0.5, 0.6) is 10.8 Å². The second kappa shape index (κ2) is 9.95. The molecule has 3 rings (SSSR count). The molecule has 3 amide bonds. The molecular weight excluding hydrogens is 479 g/mol. The Hall–Kier alpha value is -3.87. The number of amides is 3. The Kier molecular flexibility index (Phi) is 7.25. The fraction of sp³-hybridized carbons (Fsp3) is 0.238. The number of alkyl halides is 3. The van der Waals surface area contributed by atoms with Gasteiger partial charge in [-0.25, -0.2) is 4.79 Å². The highest BCUT2D eigenvalue weighted by molar-refractivity contribution is 7.18. The lowest BCUT2D eigenvalue weighted by Crippen LogP contribution is -2.53. The Balaban J connectivity index is 1.85. The number of nitrogens with one attached hydrogen (secondary N) is 2. The number of likely N-dealkylation sites (N-methyl/N-ethyl adjacent to an activating group) is 1. The molecule has 0 saturated heterocycles. The average molecular weight is 497 g/mol. The number of rotatable bonds is 6. The van der Waals surface area contributed by atoms with E-state index in [1.807, 2.05) is 0 Å². The molecule has 2 N–H and O–H groups in total. The Morgan fingerprint density at radius 1 is 1.21 bits per heavy atom. The Morgan fingerprint density at radius 2 is 1.94 bits per heavy atom. The van der Waals surface area contributed by atoms with Crippen LogP contribution in [-0.2, 0) is 14.4 Å². The van der Waals surface area contributed by atoms with Gasteiger partial charge in [-0.15, -0.1) is 13.2 Å². The topological polar surface area (TPSA) is 114 Å². The molecule has 0 bridgehead atoms. The number of carbonyl (C=O) groups is 4. The van der Waals surface area contributed by atoms with Crippen LogP contribution in [0, 0.1) is 0 Å². The van der Waals surface area contributed by atoms with E-state index in [-0.39, 0.29) is 17.2 Å². The minimum Gasteiger partial charge on any atom is -0.413 e. The van der Waals surface area contributed by atoms with E-state index >= 15 is 0 Å². The number of halogens is 3. The molecule has 1 aliphatic heterocycles. The van der Waals surface area contributed by atoms with Crippen LogP contribution in [0.3, 0.4) is 0 Å². The Morgan fingerprint density at radius 3 is 2.62 bits per heavy atom.